The molecular weight excluding hydrogens is 266 g/mol. The number of ether oxygens (including phenoxy) is 1. The molecule has 0 unspecified atom stereocenters. The highest BCUT2D eigenvalue weighted by molar-refractivity contribution is 5.92. The zero-order valence-electron chi connectivity index (χ0n) is 12.3. The van der Waals surface area contributed by atoms with Crippen LogP contribution in [0.5, 0.6) is 5.75 Å². The fourth-order valence-electron chi connectivity index (χ4n) is 2.63. The monoisotopic (exact) mass is 285 g/mol. The van der Waals surface area contributed by atoms with Crippen molar-refractivity contribution in [2.24, 2.45) is 7.05 Å². The highest BCUT2D eigenvalue weighted by atomic mass is 16.5. The highest BCUT2D eigenvalue weighted by Gasteiger charge is 2.22. The third kappa shape index (κ3) is 2.91. The summed E-state index contributed by atoms with van der Waals surface area (Å²) in [6, 6.07) is 7.65. The van der Waals surface area contributed by atoms with Crippen LogP contribution in [0, 0.1) is 6.92 Å². The Morgan fingerprint density at radius 2 is 2.10 bits per heavy atom. The van der Waals surface area contributed by atoms with E-state index in [0.29, 0.717) is 5.75 Å². The predicted octanol–water partition coefficient (Wildman–Crippen LogP) is 2.23. The van der Waals surface area contributed by atoms with Gasteiger partial charge in [-0.2, -0.15) is 5.10 Å². The minimum atomic E-state index is -0.159. The molecule has 21 heavy (non-hydrogen) atoms. The average molecular weight is 285 g/mol. The van der Waals surface area contributed by atoms with E-state index in [-0.39, 0.29) is 12.5 Å². The Hall–Kier alpha value is -2.30. The molecule has 1 aromatic carbocycles. The second-order valence-corrected chi connectivity index (χ2v) is 5.40. The van der Waals surface area contributed by atoms with Gasteiger partial charge in [0.2, 0.25) is 0 Å². The summed E-state index contributed by atoms with van der Waals surface area (Å²) >= 11 is 0. The van der Waals surface area contributed by atoms with Crippen LogP contribution < -0.4 is 10.1 Å². The van der Waals surface area contributed by atoms with Crippen LogP contribution in [0.2, 0.25) is 0 Å². The Kier molecular flexibility index (Phi) is 3.64. The molecular formula is C16H19N3O2. The van der Waals surface area contributed by atoms with E-state index in [2.05, 4.69) is 10.4 Å². The number of aryl methyl sites for hydroxylation is 3. The average Bonchev–Trinajstić information content (AvgIpc) is 3.01. The van der Waals surface area contributed by atoms with Crippen LogP contribution in [0.15, 0.2) is 24.3 Å². The lowest BCUT2D eigenvalue weighted by Crippen LogP contribution is -2.22. The molecule has 5 heteroatoms. The number of aromatic nitrogens is 2. The third-order valence-corrected chi connectivity index (χ3v) is 3.72. The Morgan fingerprint density at radius 1 is 1.33 bits per heavy atom. The third-order valence-electron chi connectivity index (χ3n) is 3.72. The van der Waals surface area contributed by atoms with E-state index in [9.17, 15) is 4.79 Å². The van der Waals surface area contributed by atoms with Gasteiger partial charge in [0.25, 0.3) is 5.91 Å². The van der Waals surface area contributed by atoms with Gasteiger partial charge in [0.05, 0.1) is 5.69 Å². The first-order chi connectivity index (χ1) is 10.1. The molecule has 2 aromatic rings. The highest BCUT2D eigenvalue weighted by Crippen LogP contribution is 2.27. The lowest BCUT2D eigenvalue weighted by molar-refractivity contribution is -0.118. The van der Waals surface area contributed by atoms with Crippen LogP contribution in [-0.2, 0) is 24.7 Å². The van der Waals surface area contributed by atoms with Crippen molar-refractivity contribution in [3.63, 3.8) is 0 Å². The molecule has 1 aliphatic carbocycles. The number of nitrogens with zero attached hydrogens (tertiary/aromatic N) is 2. The number of benzene rings is 1. The maximum Gasteiger partial charge on any atom is 0.263 e. The number of hydrogen-bond acceptors (Lipinski definition) is 3. The van der Waals surface area contributed by atoms with Gasteiger partial charge < -0.3 is 10.1 Å². The zero-order valence-corrected chi connectivity index (χ0v) is 12.3. The van der Waals surface area contributed by atoms with Crippen LogP contribution in [0.25, 0.3) is 0 Å². The molecule has 1 N–H and O–H groups in total. The van der Waals surface area contributed by atoms with Crippen molar-refractivity contribution in [3.05, 3.63) is 41.1 Å². The van der Waals surface area contributed by atoms with Crippen LogP contribution in [0.1, 0.15) is 23.2 Å². The van der Waals surface area contributed by atoms with Crippen molar-refractivity contribution in [3.8, 4) is 5.75 Å². The predicted molar refractivity (Wildman–Crippen MR) is 80.5 cm³/mol. The summed E-state index contributed by atoms with van der Waals surface area (Å²) in [4.78, 5) is 12.0. The van der Waals surface area contributed by atoms with E-state index in [1.165, 1.54) is 5.56 Å². The fraction of sp³-hybridized carbons (Fsp3) is 0.375. The summed E-state index contributed by atoms with van der Waals surface area (Å²) in [6.07, 6.45) is 3.09. The van der Waals surface area contributed by atoms with Crippen LogP contribution >= 0.6 is 0 Å². The maximum absolute atomic E-state index is 12.0. The molecule has 1 aromatic heterocycles. The van der Waals surface area contributed by atoms with E-state index in [1.54, 1.807) is 4.68 Å². The molecule has 0 saturated heterocycles. The summed E-state index contributed by atoms with van der Waals surface area (Å²) < 4.78 is 7.23. The molecule has 0 bridgehead atoms. The largest absolute Gasteiger partial charge is 0.484 e. The molecule has 110 valence electrons. The van der Waals surface area contributed by atoms with Crippen molar-refractivity contribution in [1.82, 2.24) is 9.78 Å². The number of hydrogen-bond donors (Lipinski definition) is 1. The summed E-state index contributed by atoms with van der Waals surface area (Å²) in [6.45, 7) is 2.02. The molecule has 0 saturated carbocycles. The van der Waals surface area contributed by atoms with Crippen molar-refractivity contribution in [1.29, 1.82) is 0 Å². The number of carbonyl (C=O) groups excluding carboxylic acids is 1. The van der Waals surface area contributed by atoms with Crippen molar-refractivity contribution < 1.29 is 9.53 Å². The lowest BCUT2D eigenvalue weighted by atomic mass is 10.2. The topological polar surface area (TPSA) is 56.1 Å². The minimum Gasteiger partial charge on any atom is -0.484 e. The molecule has 3 rings (SSSR count). The Labute approximate surface area is 123 Å². The summed E-state index contributed by atoms with van der Waals surface area (Å²) in [5.41, 5.74) is 3.44. The molecule has 1 heterocycles. The molecule has 0 spiro atoms. The lowest BCUT2D eigenvalue weighted by Gasteiger charge is -2.09. The first-order valence-corrected chi connectivity index (χ1v) is 7.17. The standard InChI is InChI=1S/C16H19N3O2/c1-11-6-8-12(9-7-11)21-10-15(20)17-16-13-4-3-5-14(13)18-19(16)2/h6-9H,3-5,10H2,1-2H3,(H,17,20). The van der Waals surface area contributed by atoms with E-state index in [1.807, 2.05) is 38.2 Å². The quantitative estimate of drug-likeness (QED) is 0.937. The van der Waals surface area contributed by atoms with Gasteiger partial charge in [0.1, 0.15) is 11.6 Å². The summed E-state index contributed by atoms with van der Waals surface area (Å²) in [5, 5.41) is 7.34. The Balaban J connectivity index is 1.61. The molecule has 1 aliphatic rings. The first-order valence-electron chi connectivity index (χ1n) is 7.17. The first kappa shape index (κ1) is 13.7. The van der Waals surface area contributed by atoms with Crippen molar-refractivity contribution >= 4 is 11.7 Å². The van der Waals surface area contributed by atoms with E-state index in [0.717, 1.165) is 36.3 Å². The molecule has 0 aliphatic heterocycles. The van der Waals surface area contributed by atoms with Gasteiger partial charge in [-0.15, -0.1) is 0 Å². The molecule has 1 amide bonds. The normalized spacial score (nSPS) is 13.0. The fourth-order valence-corrected chi connectivity index (χ4v) is 2.63. The number of carbonyl (C=O) groups is 1. The van der Waals surface area contributed by atoms with Gasteiger partial charge in [-0.3, -0.25) is 9.48 Å². The number of anilines is 1. The molecule has 5 nitrogen and oxygen atoms in total. The van der Waals surface area contributed by atoms with Gasteiger partial charge in [-0.05, 0) is 38.3 Å². The Bertz CT molecular complexity index is 659. The summed E-state index contributed by atoms with van der Waals surface area (Å²) in [5.74, 6) is 1.35. The molecule has 0 radical (unpaired) electrons. The van der Waals surface area contributed by atoms with E-state index in [4.69, 9.17) is 4.74 Å². The van der Waals surface area contributed by atoms with Crippen molar-refractivity contribution in [2.75, 3.05) is 11.9 Å². The second-order valence-electron chi connectivity index (χ2n) is 5.40. The Morgan fingerprint density at radius 3 is 2.86 bits per heavy atom. The SMILES string of the molecule is Cc1ccc(OCC(=O)Nc2c3c(nn2C)CCC3)cc1. The van der Waals surface area contributed by atoms with Gasteiger partial charge in [-0.1, -0.05) is 17.7 Å². The molecule has 0 atom stereocenters. The zero-order chi connectivity index (χ0) is 14.8. The van der Waals surface area contributed by atoms with E-state index >= 15 is 0 Å². The number of nitrogens with one attached hydrogen (secondary N) is 1. The van der Waals surface area contributed by atoms with Gasteiger partial charge in [0, 0.05) is 12.6 Å². The van der Waals surface area contributed by atoms with Gasteiger partial charge >= 0.3 is 0 Å². The minimum absolute atomic E-state index is 0.00299. The number of rotatable bonds is 4. The summed E-state index contributed by atoms with van der Waals surface area (Å²) in [7, 11) is 1.86. The van der Waals surface area contributed by atoms with Gasteiger partial charge in [-0.25, -0.2) is 0 Å². The second kappa shape index (κ2) is 5.60. The maximum atomic E-state index is 12.0. The molecule has 0 fully saturated rings. The number of fused-ring (bicyclic) bond motifs is 1. The van der Waals surface area contributed by atoms with Crippen LogP contribution in [0.3, 0.4) is 0 Å². The number of amides is 1. The smallest absolute Gasteiger partial charge is 0.263 e. The van der Waals surface area contributed by atoms with Gasteiger partial charge in [0.15, 0.2) is 6.61 Å². The van der Waals surface area contributed by atoms with Crippen molar-refractivity contribution in [2.45, 2.75) is 26.2 Å². The van der Waals surface area contributed by atoms with Crippen LogP contribution in [-0.4, -0.2) is 22.3 Å². The van der Waals surface area contributed by atoms with E-state index < -0.39 is 0 Å². The van der Waals surface area contributed by atoms with Crippen LogP contribution in [0.4, 0.5) is 5.82 Å².